The van der Waals surface area contributed by atoms with Gasteiger partial charge in [0.2, 0.25) is 5.91 Å². The van der Waals surface area contributed by atoms with Crippen molar-refractivity contribution in [1.82, 2.24) is 15.1 Å². The Labute approximate surface area is 172 Å². The molecule has 3 aromatic rings. The first-order chi connectivity index (χ1) is 14.0. The van der Waals surface area contributed by atoms with Crippen molar-refractivity contribution in [2.45, 2.75) is 13.1 Å². The lowest BCUT2D eigenvalue weighted by molar-refractivity contribution is -0.122. The van der Waals surface area contributed by atoms with E-state index in [2.05, 4.69) is 10.4 Å². The number of nitrogens with one attached hydrogen (secondary N) is 1. The molecule has 29 heavy (non-hydrogen) atoms. The normalized spacial score (nSPS) is 10.4. The molecule has 0 spiro atoms. The van der Waals surface area contributed by atoms with Crippen molar-refractivity contribution < 1.29 is 14.3 Å². The highest BCUT2D eigenvalue weighted by atomic mass is 35.5. The average molecular weight is 414 g/mol. The molecule has 0 aliphatic carbocycles. The molecule has 2 aromatic carbocycles. The molecule has 0 saturated carbocycles. The van der Waals surface area contributed by atoms with Crippen LogP contribution in [0.2, 0.25) is 5.02 Å². The van der Waals surface area contributed by atoms with Gasteiger partial charge in [0, 0.05) is 18.2 Å². The number of hydrogen-bond donors (Lipinski definition) is 1. The fourth-order valence-corrected chi connectivity index (χ4v) is 2.99. The zero-order valence-corrected chi connectivity index (χ0v) is 16.8. The number of carbonyl (C=O) groups excluding carboxylic acids is 1. The predicted octanol–water partition coefficient (Wildman–Crippen LogP) is 2.90. The Morgan fingerprint density at radius 1 is 1.07 bits per heavy atom. The van der Waals surface area contributed by atoms with Crippen LogP contribution in [0.5, 0.6) is 11.5 Å². The minimum Gasteiger partial charge on any atom is -0.493 e. The van der Waals surface area contributed by atoms with Gasteiger partial charge in [-0.15, -0.1) is 0 Å². The number of carbonyl (C=O) groups is 1. The van der Waals surface area contributed by atoms with Crippen LogP contribution in [-0.2, 0) is 17.9 Å². The molecule has 1 amide bonds. The summed E-state index contributed by atoms with van der Waals surface area (Å²) in [7, 11) is 3.10. The number of rotatable bonds is 7. The van der Waals surface area contributed by atoms with E-state index in [9.17, 15) is 9.59 Å². The maximum absolute atomic E-state index is 12.3. The molecule has 7 nitrogen and oxygen atoms in total. The number of aromatic nitrogens is 2. The fraction of sp³-hybridized carbons (Fsp3) is 0.190. The van der Waals surface area contributed by atoms with Crippen LogP contribution in [0.25, 0.3) is 11.3 Å². The lowest BCUT2D eigenvalue weighted by atomic mass is 10.1. The second-order valence-electron chi connectivity index (χ2n) is 6.16. The highest BCUT2D eigenvalue weighted by Gasteiger charge is 2.11. The molecule has 0 saturated heterocycles. The van der Waals surface area contributed by atoms with E-state index in [0.717, 1.165) is 10.2 Å². The molecule has 8 heteroatoms. The standard InChI is InChI=1S/C21H20ClN3O4/c1-28-18-9-7-14(11-19(18)29-2)12-23-20(26)13-25-21(27)10-8-17(24-25)15-5-3-4-6-16(15)22/h3-11H,12-13H2,1-2H3,(H,23,26). The van der Waals surface area contributed by atoms with E-state index in [1.165, 1.54) is 6.07 Å². The minimum absolute atomic E-state index is 0.204. The summed E-state index contributed by atoms with van der Waals surface area (Å²) in [6, 6.07) is 15.5. The van der Waals surface area contributed by atoms with Crippen LogP contribution >= 0.6 is 11.6 Å². The molecule has 1 heterocycles. The molecule has 0 atom stereocenters. The van der Waals surface area contributed by atoms with Crippen LogP contribution < -0.4 is 20.3 Å². The van der Waals surface area contributed by atoms with Crippen LogP contribution in [0.4, 0.5) is 0 Å². The highest BCUT2D eigenvalue weighted by Crippen LogP contribution is 2.27. The number of halogens is 1. The number of benzene rings is 2. The van der Waals surface area contributed by atoms with Gasteiger partial charge in [0.05, 0.1) is 24.9 Å². The Bertz CT molecular complexity index is 1080. The predicted molar refractivity (Wildman–Crippen MR) is 110 cm³/mol. The van der Waals surface area contributed by atoms with Gasteiger partial charge in [0.1, 0.15) is 6.54 Å². The Morgan fingerprint density at radius 3 is 2.55 bits per heavy atom. The van der Waals surface area contributed by atoms with E-state index in [4.69, 9.17) is 21.1 Å². The number of hydrogen-bond acceptors (Lipinski definition) is 5. The molecule has 0 aliphatic rings. The Hall–Kier alpha value is -3.32. The molecular formula is C21H20ClN3O4. The highest BCUT2D eigenvalue weighted by molar-refractivity contribution is 6.33. The summed E-state index contributed by atoms with van der Waals surface area (Å²) in [4.78, 5) is 24.4. The number of nitrogens with zero attached hydrogens (tertiary/aromatic N) is 2. The van der Waals surface area contributed by atoms with Crippen LogP contribution in [0.3, 0.4) is 0 Å². The molecule has 0 aliphatic heterocycles. The molecule has 0 bridgehead atoms. The number of ether oxygens (including phenoxy) is 2. The van der Waals surface area contributed by atoms with Gasteiger partial charge >= 0.3 is 0 Å². The zero-order chi connectivity index (χ0) is 20.8. The molecule has 1 aromatic heterocycles. The van der Waals surface area contributed by atoms with Crippen molar-refractivity contribution >= 4 is 17.5 Å². The topological polar surface area (TPSA) is 82.5 Å². The average Bonchev–Trinajstić information content (AvgIpc) is 2.74. The van der Waals surface area contributed by atoms with E-state index in [1.807, 2.05) is 18.2 Å². The molecule has 3 rings (SSSR count). The van der Waals surface area contributed by atoms with Gasteiger partial charge in [-0.2, -0.15) is 5.10 Å². The van der Waals surface area contributed by atoms with Crippen molar-refractivity contribution in [3.05, 3.63) is 75.5 Å². The fourth-order valence-electron chi connectivity index (χ4n) is 2.76. The number of methoxy groups -OCH3 is 2. The molecular weight excluding hydrogens is 394 g/mol. The van der Waals surface area contributed by atoms with E-state index in [1.54, 1.807) is 44.6 Å². The smallest absolute Gasteiger partial charge is 0.267 e. The quantitative estimate of drug-likeness (QED) is 0.644. The van der Waals surface area contributed by atoms with E-state index in [0.29, 0.717) is 27.8 Å². The SMILES string of the molecule is COc1ccc(CNC(=O)Cn2nc(-c3ccccc3Cl)ccc2=O)cc1OC. The first-order valence-electron chi connectivity index (χ1n) is 8.82. The molecule has 1 N–H and O–H groups in total. The Balaban J connectivity index is 1.70. The summed E-state index contributed by atoms with van der Waals surface area (Å²) in [6.45, 7) is 0.0720. The summed E-state index contributed by atoms with van der Waals surface area (Å²) < 4.78 is 11.6. The lowest BCUT2D eigenvalue weighted by Gasteiger charge is -2.11. The van der Waals surface area contributed by atoms with Gasteiger partial charge in [-0.3, -0.25) is 9.59 Å². The molecule has 0 radical (unpaired) electrons. The van der Waals surface area contributed by atoms with E-state index >= 15 is 0 Å². The second kappa shape index (κ2) is 9.25. The molecule has 0 fully saturated rings. The number of amides is 1. The molecule has 150 valence electrons. The van der Waals surface area contributed by atoms with Crippen molar-refractivity contribution in [3.63, 3.8) is 0 Å². The lowest BCUT2D eigenvalue weighted by Crippen LogP contribution is -2.33. The van der Waals surface area contributed by atoms with Gasteiger partial charge in [-0.05, 0) is 29.8 Å². The van der Waals surface area contributed by atoms with Crippen LogP contribution in [-0.4, -0.2) is 29.9 Å². The first kappa shape index (κ1) is 20.4. The third kappa shape index (κ3) is 4.94. The summed E-state index contributed by atoms with van der Waals surface area (Å²) in [5, 5.41) is 7.56. The van der Waals surface area contributed by atoms with Crippen LogP contribution in [0.1, 0.15) is 5.56 Å². The van der Waals surface area contributed by atoms with Gasteiger partial charge in [0.15, 0.2) is 11.5 Å². The zero-order valence-electron chi connectivity index (χ0n) is 16.0. The summed E-state index contributed by atoms with van der Waals surface area (Å²) in [5.41, 5.74) is 1.67. The van der Waals surface area contributed by atoms with Gasteiger partial charge in [-0.25, -0.2) is 4.68 Å². The third-order valence-electron chi connectivity index (χ3n) is 4.25. The van der Waals surface area contributed by atoms with Crippen LogP contribution in [0, 0.1) is 0 Å². The Morgan fingerprint density at radius 2 is 1.83 bits per heavy atom. The third-order valence-corrected chi connectivity index (χ3v) is 4.58. The second-order valence-corrected chi connectivity index (χ2v) is 6.57. The maximum Gasteiger partial charge on any atom is 0.267 e. The summed E-state index contributed by atoms with van der Waals surface area (Å²) in [6.07, 6.45) is 0. The molecule has 0 unspecified atom stereocenters. The van der Waals surface area contributed by atoms with Crippen molar-refractivity contribution in [2.24, 2.45) is 0 Å². The van der Waals surface area contributed by atoms with Crippen molar-refractivity contribution in [3.8, 4) is 22.8 Å². The van der Waals surface area contributed by atoms with Gasteiger partial charge in [-0.1, -0.05) is 35.9 Å². The largest absolute Gasteiger partial charge is 0.493 e. The first-order valence-corrected chi connectivity index (χ1v) is 9.20. The minimum atomic E-state index is -0.373. The Kier molecular flexibility index (Phi) is 6.51. The summed E-state index contributed by atoms with van der Waals surface area (Å²) in [5.74, 6) is 0.838. The van der Waals surface area contributed by atoms with Gasteiger partial charge < -0.3 is 14.8 Å². The van der Waals surface area contributed by atoms with Gasteiger partial charge in [0.25, 0.3) is 5.56 Å². The monoisotopic (exact) mass is 413 g/mol. The summed E-state index contributed by atoms with van der Waals surface area (Å²) >= 11 is 6.19. The maximum atomic E-state index is 12.3. The van der Waals surface area contributed by atoms with E-state index in [-0.39, 0.29) is 24.6 Å². The van der Waals surface area contributed by atoms with E-state index < -0.39 is 0 Å². The van der Waals surface area contributed by atoms with Crippen molar-refractivity contribution in [2.75, 3.05) is 14.2 Å². The van der Waals surface area contributed by atoms with Crippen molar-refractivity contribution in [1.29, 1.82) is 0 Å². The van der Waals surface area contributed by atoms with Crippen LogP contribution in [0.15, 0.2) is 59.4 Å².